The van der Waals surface area contributed by atoms with Crippen LogP contribution in [0.2, 0.25) is 0 Å². The first-order valence-electron chi connectivity index (χ1n) is 23.8. The molecule has 2 N–H and O–H groups in total. The molecule has 3 aliphatic heterocycles. The number of fused-ring (bicyclic) bond motifs is 7. The van der Waals surface area contributed by atoms with Crippen molar-refractivity contribution in [2.45, 2.75) is 43.6 Å². The fourth-order valence-electron chi connectivity index (χ4n) is 11.1. The standard InChI is InChI=1S/C54H51Br4F3N6O4/c55-36-6-10-44-40(24-36)41-25-37(56)7-11-45(41)66(44)52(48(68)30-64-19-15-62(16-20-64)28-33-1-4-35(5-2-33)54(59,60)61)53(67-46-12-8-38(57)26-42(46)43-27-39(58)9-13-47(43)67)49(69)31-65-21-17-63(18-22-65)29-34-3-14-50-51(23-34)71-32-70-50/h1-14,23-27,48-49,52-53,68-69H,15-22,28-32H2. The number of hydrogen-bond acceptors (Lipinski definition) is 8. The highest BCUT2D eigenvalue weighted by Crippen LogP contribution is 2.45. The molecule has 11 rings (SSSR count). The minimum absolute atomic E-state index is 0.239. The molecule has 2 fully saturated rings. The molecule has 4 atom stereocenters. The number of piperazine rings is 2. The SMILES string of the molecule is OC(CN1CCN(Cc2ccc(C(F)(F)F)cc2)CC1)C(C(C(O)CN1CCN(Cc2ccc3c(c2)OCO3)CC1)n1c2ccc(Br)cc2c2cc(Br)ccc21)n1c2ccc(Br)cc2c2cc(Br)ccc21. The number of aliphatic hydroxyl groups is 2. The van der Waals surface area contributed by atoms with Gasteiger partial charge in [-0.1, -0.05) is 81.9 Å². The lowest BCUT2D eigenvalue weighted by atomic mass is 9.94. The maximum Gasteiger partial charge on any atom is 0.416 e. The van der Waals surface area contributed by atoms with E-state index in [1.807, 2.05) is 30.3 Å². The van der Waals surface area contributed by atoms with Crippen molar-refractivity contribution >= 4 is 107 Å². The molecule has 2 saturated heterocycles. The summed E-state index contributed by atoms with van der Waals surface area (Å²) in [6, 6.07) is 35.3. The third-order valence-electron chi connectivity index (χ3n) is 14.5. The fraction of sp³-hybridized carbons (Fsp3) is 0.333. The molecule has 8 aromatic rings. The second-order valence-corrected chi connectivity index (χ2v) is 22.7. The van der Waals surface area contributed by atoms with Crippen LogP contribution in [0, 0.1) is 0 Å². The summed E-state index contributed by atoms with van der Waals surface area (Å²) >= 11 is 15.0. The predicted molar refractivity (Wildman–Crippen MR) is 287 cm³/mol. The van der Waals surface area contributed by atoms with Crippen molar-refractivity contribution in [1.82, 2.24) is 28.7 Å². The summed E-state index contributed by atoms with van der Waals surface area (Å²) in [5, 5.41) is 30.9. The zero-order valence-corrected chi connectivity index (χ0v) is 44.9. The van der Waals surface area contributed by atoms with Gasteiger partial charge in [-0.2, -0.15) is 13.2 Å². The second kappa shape index (κ2) is 20.4. The first kappa shape index (κ1) is 49.2. The van der Waals surface area contributed by atoms with E-state index in [1.54, 1.807) is 12.1 Å². The molecule has 370 valence electrons. The highest BCUT2D eigenvalue weighted by Gasteiger charge is 2.41. The molecule has 10 nitrogen and oxygen atoms in total. The number of halogens is 7. The Morgan fingerprint density at radius 3 is 1.23 bits per heavy atom. The van der Waals surface area contributed by atoms with E-state index in [0.29, 0.717) is 45.8 Å². The van der Waals surface area contributed by atoms with Gasteiger partial charge in [-0.05, 0) is 108 Å². The first-order valence-corrected chi connectivity index (χ1v) is 27.0. The molecule has 5 heterocycles. The second-order valence-electron chi connectivity index (χ2n) is 19.0. The molecule has 2 aromatic heterocycles. The number of ether oxygens (including phenoxy) is 2. The van der Waals surface area contributed by atoms with Crippen LogP contribution in [-0.2, 0) is 19.3 Å². The van der Waals surface area contributed by atoms with Crippen LogP contribution in [0.25, 0.3) is 43.6 Å². The number of aromatic nitrogens is 2. The Morgan fingerprint density at radius 1 is 0.451 bits per heavy atom. The summed E-state index contributed by atoms with van der Waals surface area (Å²) in [5.74, 6) is 1.55. The van der Waals surface area contributed by atoms with Crippen LogP contribution in [0.4, 0.5) is 13.2 Å². The Labute approximate surface area is 443 Å². The zero-order valence-electron chi connectivity index (χ0n) is 38.5. The van der Waals surface area contributed by atoms with Crippen molar-refractivity contribution in [2.75, 3.05) is 72.2 Å². The number of rotatable bonds is 13. The van der Waals surface area contributed by atoms with Crippen molar-refractivity contribution in [3.63, 3.8) is 0 Å². The molecule has 0 saturated carbocycles. The van der Waals surface area contributed by atoms with Gasteiger partial charge in [0.15, 0.2) is 11.5 Å². The van der Waals surface area contributed by atoms with Crippen molar-refractivity contribution in [1.29, 1.82) is 0 Å². The van der Waals surface area contributed by atoms with Gasteiger partial charge in [0, 0.05) is 140 Å². The van der Waals surface area contributed by atoms with Crippen LogP contribution in [0.5, 0.6) is 11.5 Å². The highest BCUT2D eigenvalue weighted by atomic mass is 79.9. The Bertz CT molecular complexity index is 3130. The van der Waals surface area contributed by atoms with E-state index >= 15 is 0 Å². The largest absolute Gasteiger partial charge is 0.454 e. The van der Waals surface area contributed by atoms with Crippen LogP contribution >= 0.6 is 63.7 Å². The molecule has 17 heteroatoms. The van der Waals surface area contributed by atoms with Crippen LogP contribution in [0.15, 0.2) is 133 Å². The van der Waals surface area contributed by atoms with Gasteiger partial charge in [-0.15, -0.1) is 0 Å². The smallest absolute Gasteiger partial charge is 0.416 e. The van der Waals surface area contributed by atoms with Crippen molar-refractivity contribution < 1.29 is 32.9 Å². The molecule has 0 aliphatic carbocycles. The quantitative estimate of drug-likeness (QED) is 0.118. The lowest BCUT2D eigenvalue weighted by molar-refractivity contribution is -0.137. The summed E-state index contributed by atoms with van der Waals surface area (Å²) in [5.41, 5.74) is 5.09. The topological polar surface area (TPSA) is 81.7 Å². The molecule has 3 aliphatic rings. The monoisotopic (exact) mass is 1220 g/mol. The average Bonchev–Trinajstić information content (AvgIpc) is 4.03. The van der Waals surface area contributed by atoms with Crippen LogP contribution in [-0.4, -0.2) is 123 Å². The van der Waals surface area contributed by atoms with Gasteiger partial charge in [0.1, 0.15) is 0 Å². The lowest BCUT2D eigenvalue weighted by Crippen LogP contribution is -2.52. The molecule has 0 bridgehead atoms. The number of benzene rings is 6. The molecule has 6 aromatic carbocycles. The van der Waals surface area contributed by atoms with E-state index in [1.165, 1.54) is 0 Å². The molecule has 0 radical (unpaired) electrons. The van der Waals surface area contributed by atoms with Gasteiger partial charge in [-0.25, -0.2) is 0 Å². The molecular weight excluding hydrogens is 1170 g/mol. The van der Waals surface area contributed by atoms with Crippen LogP contribution < -0.4 is 9.47 Å². The number of β-amino-alcohol motifs (C(OH)–C–C–N with tert-alkyl or cyclic N) is 2. The molecule has 71 heavy (non-hydrogen) atoms. The molecule has 4 unspecified atom stereocenters. The normalized spacial score (nSPS) is 18.3. The average molecular weight is 1220 g/mol. The van der Waals surface area contributed by atoms with Gasteiger partial charge in [0.05, 0.1) is 29.9 Å². The van der Waals surface area contributed by atoms with Crippen molar-refractivity contribution in [3.05, 3.63) is 150 Å². The van der Waals surface area contributed by atoms with Crippen molar-refractivity contribution in [3.8, 4) is 11.5 Å². The minimum atomic E-state index is -4.38. The number of aliphatic hydroxyl groups excluding tert-OH is 2. The maximum absolute atomic E-state index is 13.4. The molecule has 0 amide bonds. The van der Waals surface area contributed by atoms with E-state index in [2.05, 4.69) is 153 Å². The number of alkyl halides is 3. The Kier molecular flexibility index (Phi) is 14.1. The van der Waals surface area contributed by atoms with Crippen LogP contribution in [0.3, 0.4) is 0 Å². The minimum Gasteiger partial charge on any atom is -0.454 e. The molecular formula is C54H51Br4F3N6O4. The molecule has 0 spiro atoms. The summed E-state index contributed by atoms with van der Waals surface area (Å²) in [6.07, 6.45) is -6.33. The van der Waals surface area contributed by atoms with Crippen molar-refractivity contribution in [2.24, 2.45) is 0 Å². The third kappa shape index (κ3) is 10.2. The van der Waals surface area contributed by atoms with E-state index < -0.39 is 36.0 Å². The predicted octanol–water partition coefficient (Wildman–Crippen LogP) is 11.8. The first-order chi connectivity index (χ1) is 34.2. The third-order valence-corrected chi connectivity index (χ3v) is 16.5. The highest BCUT2D eigenvalue weighted by molar-refractivity contribution is 9.11. The summed E-state index contributed by atoms with van der Waals surface area (Å²) in [6.45, 7) is 8.04. The Balaban J connectivity index is 0.967. The number of nitrogens with zero attached hydrogens (tertiary/aromatic N) is 6. The van der Waals surface area contributed by atoms with Crippen LogP contribution in [0.1, 0.15) is 28.8 Å². The summed E-state index contributed by atoms with van der Waals surface area (Å²) in [4.78, 5) is 9.32. The Morgan fingerprint density at radius 2 is 0.817 bits per heavy atom. The maximum atomic E-state index is 13.4. The summed E-state index contributed by atoms with van der Waals surface area (Å²) in [7, 11) is 0. The van der Waals surface area contributed by atoms with E-state index in [4.69, 9.17) is 9.47 Å². The van der Waals surface area contributed by atoms with E-state index in [9.17, 15) is 23.4 Å². The van der Waals surface area contributed by atoms with Gasteiger partial charge in [0.2, 0.25) is 6.79 Å². The lowest BCUT2D eigenvalue weighted by Gasteiger charge is -2.42. The van der Waals surface area contributed by atoms with Gasteiger partial charge in [-0.3, -0.25) is 19.6 Å². The summed E-state index contributed by atoms with van der Waals surface area (Å²) < 4.78 is 59.5. The van der Waals surface area contributed by atoms with Gasteiger partial charge >= 0.3 is 6.18 Å². The Hall–Kier alpha value is -4.01. The number of hydrogen-bond donors (Lipinski definition) is 2. The van der Waals surface area contributed by atoms with Gasteiger partial charge in [0.25, 0.3) is 0 Å². The zero-order chi connectivity index (χ0) is 49.1. The van der Waals surface area contributed by atoms with E-state index in [-0.39, 0.29) is 6.79 Å². The van der Waals surface area contributed by atoms with Gasteiger partial charge < -0.3 is 28.8 Å². The van der Waals surface area contributed by atoms with E-state index in [0.717, 1.165) is 129 Å². The fourth-order valence-corrected chi connectivity index (χ4v) is 12.5.